The fourth-order valence-electron chi connectivity index (χ4n) is 2.35. The number of aldehydes is 1. The Hall–Kier alpha value is -2.87. The molecule has 0 aliphatic heterocycles. The number of benzene rings is 1. The number of esters is 3. The second-order valence-electron chi connectivity index (χ2n) is 5.11. The third-order valence-corrected chi connectivity index (χ3v) is 3.49. The molecule has 0 aliphatic rings. The van der Waals surface area contributed by atoms with Crippen molar-refractivity contribution in [1.82, 2.24) is 4.98 Å². The number of fused-ring (bicyclic) bond motifs is 1. The van der Waals surface area contributed by atoms with Gasteiger partial charge in [0.25, 0.3) is 0 Å². The van der Waals surface area contributed by atoms with E-state index >= 15 is 0 Å². The lowest BCUT2D eigenvalue weighted by molar-refractivity contribution is -0.134. The van der Waals surface area contributed by atoms with Gasteiger partial charge < -0.3 is 19.2 Å². The summed E-state index contributed by atoms with van der Waals surface area (Å²) in [5.74, 6) is -2.36. The molecule has 0 radical (unpaired) electrons. The molecule has 0 fully saturated rings. The lowest BCUT2D eigenvalue weighted by Gasteiger charge is -2.16. The van der Waals surface area contributed by atoms with Crippen molar-refractivity contribution in [1.29, 1.82) is 0 Å². The van der Waals surface area contributed by atoms with E-state index in [4.69, 9.17) is 25.8 Å². The van der Waals surface area contributed by atoms with Crippen LogP contribution in [0.4, 0.5) is 0 Å². The molecular weight excluding hydrogens is 354 g/mol. The lowest BCUT2D eigenvalue weighted by Crippen LogP contribution is -2.11. The number of hydrogen-bond donors (Lipinski definition) is 1. The molecule has 0 unspecified atom stereocenters. The second-order valence-corrected chi connectivity index (χ2v) is 5.49. The average Bonchev–Trinajstić information content (AvgIpc) is 2.82. The first-order chi connectivity index (χ1) is 11.7. The van der Waals surface area contributed by atoms with Gasteiger partial charge in [0, 0.05) is 26.3 Å². The van der Waals surface area contributed by atoms with Crippen molar-refractivity contribution < 1.29 is 33.4 Å². The molecule has 8 nitrogen and oxygen atoms in total. The SMILES string of the molecule is CC(=O)Oc1c(C)c(OC(C)=O)c2[nH]c(Cl)c(C=O)c2c1OC(C)=O. The van der Waals surface area contributed by atoms with E-state index in [1.54, 1.807) is 0 Å². The fraction of sp³-hybridized carbons (Fsp3) is 0.250. The van der Waals surface area contributed by atoms with E-state index in [-0.39, 0.29) is 44.4 Å². The number of rotatable bonds is 4. The fourth-order valence-corrected chi connectivity index (χ4v) is 2.59. The monoisotopic (exact) mass is 367 g/mol. The van der Waals surface area contributed by atoms with Crippen LogP contribution >= 0.6 is 11.6 Å². The number of H-pyrrole nitrogens is 1. The molecule has 0 atom stereocenters. The van der Waals surface area contributed by atoms with E-state index in [2.05, 4.69) is 4.98 Å². The summed E-state index contributed by atoms with van der Waals surface area (Å²) in [5, 5.41) is 0.0134. The molecule has 25 heavy (non-hydrogen) atoms. The van der Waals surface area contributed by atoms with Crippen molar-refractivity contribution in [2.45, 2.75) is 27.7 Å². The first-order valence-corrected chi connectivity index (χ1v) is 7.43. The normalized spacial score (nSPS) is 10.4. The Morgan fingerprint density at radius 2 is 1.40 bits per heavy atom. The topological polar surface area (TPSA) is 112 Å². The zero-order valence-electron chi connectivity index (χ0n) is 13.8. The zero-order chi connectivity index (χ0) is 18.9. The van der Waals surface area contributed by atoms with Gasteiger partial charge in [-0.3, -0.25) is 19.2 Å². The number of halogens is 1. The molecule has 132 valence electrons. The van der Waals surface area contributed by atoms with Gasteiger partial charge >= 0.3 is 17.9 Å². The van der Waals surface area contributed by atoms with Crippen molar-refractivity contribution >= 4 is 46.7 Å². The summed E-state index contributed by atoms with van der Waals surface area (Å²) in [7, 11) is 0. The van der Waals surface area contributed by atoms with Crippen LogP contribution in [0, 0.1) is 6.92 Å². The Kier molecular flexibility index (Phi) is 5.13. The molecule has 0 amide bonds. The maximum absolute atomic E-state index is 11.5. The van der Waals surface area contributed by atoms with Gasteiger partial charge in [-0.05, 0) is 6.92 Å². The van der Waals surface area contributed by atoms with Gasteiger partial charge in [-0.15, -0.1) is 0 Å². The van der Waals surface area contributed by atoms with Crippen LogP contribution in [0.2, 0.25) is 5.15 Å². The molecule has 0 saturated carbocycles. The van der Waals surface area contributed by atoms with E-state index in [0.29, 0.717) is 6.29 Å². The molecule has 1 N–H and O–H groups in total. The largest absolute Gasteiger partial charge is 0.424 e. The average molecular weight is 368 g/mol. The van der Waals surface area contributed by atoms with Crippen LogP contribution in [0.3, 0.4) is 0 Å². The summed E-state index contributed by atoms with van der Waals surface area (Å²) in [5.41, 5.74) is 0.339. The van der Waals surface area contributed by atoms with Gasteiger partial charge in [-0.25, -0.2) is 0 Å². The van der Waals surface area contributed by atoms with Gasteiger partial charge in [-0.2, -0.15) is 0 Å². The number of hydrogen-bond acceptors (Lipinski definition) is 7. The Bertz CT molecular complexity index is 913. The molecule has 0 saturated heterocycles. The van der Waals surface area contributed by atoms with Gasteiger partial charge in [0.2, 0.25) is 0 Å². The van der Waals surface area contributed by atoms with Crippen molar-refractivity contribution in [3.63, 3.8) is 0 Å². The minimum absolute atomic E-state index is 0.00431. The molecule has 1 aromatic carbocycles. The minimum Gasteiger partial charge on any atom is -0.424 e. The van der Waals surface area contributed by atoms with Crippen LogP contribution in [0.15, 0.2) is 0 Å². The van der Waals surface area contributed by atoms with Gasteiger partial charge in [0.05, 0.1) is 16.5 Å². The summed E-state index contributed by atoms with van der Waals surface area (Å²) >= 11 is 6.02. The highest BCUT2D eigenvalue weighted by Gasteiger charge is 2.28. The van der Waals surface area contributed by atoms with E-state index in [0.717, 1.165) is 13.8 Å². The maximum atomic E-state index is 11.5. The van der Waals surface area contributed by atoms with Crippen molar-refractivity contribution in [3.05, 3.63) is 16.3 Å². The zero-order valence-corrected chi connectivity index (χ0v) is 14.6. The number of carbonyl (C=O) groups is 4. The summed E-state index contributed by atoms with van der Waals surface area (Å²) in [6.07, 6.45) is 0.443. The van der Waals surface area contributed by atoms with Gasteiger partial charge in [-0.1, -0.05) is 11.6 Å². The molecule has 1 heterocycles. The van der Waals surface area contributed by atoms with E-state index < -0.39 is 17.9 Å². The Morgan fingerprint density at radius 3 is 1.88 bits per heavy atom. The molecule has 9 heteroatoms. The molecule has 0 spiro atoms. The number of aromatic amines is 1. The highest BCUT2D eigenvalue weighted by Crippen LogP contribution is 2.48. The summed E-state index contributed by atoms with van der Waals surface area (Å²) in [4.78, 5) is 48.5. The van der Waals surface area contributed by atoms with Crippen LogP contribution in [0.5, 0.6) is 17.2 Å². The van der Waals surface area contributed by atoms with Gasteiger partial charge in [0.1, 0.15) is 5.15 Å². The number of aromatic nitrogens is 1. The molecular formula is C16H14ClNO7. The van der Waals surface area contributed by atoms with E-state index in [1.807, 2.05) is 0 Å². The summed E-state index contributed by atoms with van der Waals surface area (Å²) in [6.45, 7) is 4.98. The molecule has 0 aliphatic carbocycles. The van der Waals surface area contributed by atoms with Crippen LogP contribution in [-0.2, 0) is 14.4 Å². The highest BCUT2D eigenvalue weighted by molar-refractivity contribution is 6.34. The number of nitrogens with one attached hydrogen (secondary N) is 1. The third kappa shape index (κ3) is 3.48. The smallest absolute Gasteiger partial charge is 0.308 e. The third-order valence-electron chi connectivity index (χ3n) is 3.19. The van der Waals surface area contributed by atoms with Crippen LogP contribution in [-0.4, -0.2) is 29.2 Å². The van der Waals surface area contributed by atoms with Crippen LogP contribution in [0.25, 0.3) is 10.9 Å². The molecule has 0 bridgehead atoms. The van der Waals surface area contributed by atoms with E-state index in [1.165, 1.54) is 13.8 Å². The molecule has 2 aromatic rings. The van der Waals surface area contributed by atoms with E-state index in [9.17, 15) is 19.2 Å². The summed E-state index contributed by atoms with van der Waals surface area (Å²) in [6, 6.07) is 0. The Balaban J connectivity index is 3.01. The summed E-state index contributed by atoms with van der Waals surface area (Å²) < 4.78 is 15.5. The highest BCUT2D eigenvalue weighted by atomic mass is 35.5. The quantitative estimate of drug-likeness (QED) is 0.502. The predicted molar refractivity (Wildman–Crippen MR) is 87.4 cm³/mol. The standard InChI is InChI=1S/C16H14ClNO7/c1-6-13(23-7(2)20)12-11(10(5-19)16(17)18-12)15(25-9(4)22)14(6)24-8(3)21/h5,18H,1-4H3. The molecule has 1 aromatic heterocycles. The minimum atomic E-state index is -0.705. The van der Waals surface area contributed by atoms with Crippen molar-refractivity contribution in [2.75, 3.05) is 0 Å². The van der Waals surface area contributed by atoms with Crippen molar-refractivity contribution in [3.8, 4) is 17.2 Å². The Morgan fingerprint density at radius 1 is 0.920 bits per heavy atom. The first kappa shape index (κ1) is 18.5. The van der Waals surface area contributed by atoms with Crippen LogP contribution in [0.1, 0.15) is 36.7 Å². The number of carbonyl (C=O) groups excluding carboxylic acids is 4. The number of ether oxygens (including phenoxy) is 3. The maximum Gasteiger partial charge on any atom is 0.308 e. The predicted octanol–water partition coefficient (Wildman–Crippen LogP) is 2.72. The first-order valence-electron chi connectivity index (χ1n) is 7.05. The Labute approximate surface area is 147 Å². The van der Waals surface area contributed by atoms with Gasteiger partial charge in [0.15, 0.2) is 23.5 Å². The van der Waals surface area contributed by atoms with Crippen molar-refractivity contribution in [2.24, 2.45) is 0 Å². The van der Waals surface area contributed by atoms with Crippen LogP contribution < -0.4 is 14.2 Å². The lowest BCUT2D eigenvalue weighted by atomic mass is 10.1. The molecule has 2 rings (SSSR count). The second kappa shape index (κ2) is 6.94.